The van der Waals surface area contributed by atoms with Crippen LogP contribution >= 0.6 is 0 Å². The fraction of sp³-hybridized carbons (Fsp3) is 0.625. The summed E-state index contributed by atoms with van der Waals surface area (Å²) in [4.78, 5) is 0. The summed E-state index contributed by atoms with van der Waals surface area (Å²) >= 11 is 0. The maximum absolute atomic E-state index is 5.72. The maximum Gasteiger partial charge on any atom is 0.161 e. The molecule has 104 valence electrons. The summed E-state index contributed by atoms with van der Waals surface area (Å²) in [5.41, 5.74) is 1.36. The number of ether oxygens (including phenoxy) is 2. The zero-order valence-electron chi connectivity index (χ0n) is 11.5. The predicted octanol–water partition coefficient (Wildman–Crippen LogP) is 2.92. The van der Waals surface area contributed by atoms with E-state index in [1.807, 2.05) is 0 Å². The van der Waals surface area contributed by atoms with E-state index >= 15 is 0 Å². The van der Waals surface area contributed by atoms with Gasteiger partial charge in [0.15, 0.2) is 11.5 Å². The smallest absolute Gasteiger partial charge is 0.161 e. The Morgan fingerprint density at radius 2 is 1.89 bits per heavy atom. The molecule has 1 saturated carbocycles. The summed E-state index contributed by atoms with van der Waals surface area (Å²) in [6.07, 6.45) is 7.34. The van der Waals surface area contributed by atoms with E-state index in [0.29, 0.717) is 0 Å². The molecule has 1 heterocycles. The molecule has 3 nitrogen and oxygen atoms in total. The van der Waals surface area contributed by atoms with Gasteiger partial charge in [0.25, 0.3) is 0 Å². The van der Waals surface area contributed by atoms with Gasteiger partial charge < -0.3 is 14.8 Å². The molecule has 1 aromatic rings. The fourth-order valence-corrected chi connectivity index (χ4v) is 2.41. The Labute approximate surface area is 115 Å². The molecule has 1 aromatic carbocycles. The van der Waals surface area contributed by atoms with Crippen LogP contribution in [0.1, 0.15) is 37.7 Å². The first-order valence-corrected chi connectivity index (χ1v) is 7.54. The van der Waals surface area contributed by atoms with Crippen LogP contribution in [0.5, 0.6) is 11.5 Å². The van der Waals surface area contributed by atoms with Gasteiger partial charge >= 0.3 is 0 Å². The van der Waals surface area contributed by atoms with Gasteiger partial charge in [-0.25, -0.2) is 0 Å². The van der Waals surface area contributed by atoms with Crippen LogP contribution in [0.15, 0.2) is 18.2 Å². The lowest BCUT2D eigenvalue weighted by Crippen LogP contribution is -2.17. The van der Waals surface area contributed by atoms with Gasteiger partial charge in [0, 0.05) is 12.5 Å². The molecule has 0 radical (unpaired) electrons. The fourth-order valence-electron chi connectivity index (χ4n) is 2.41. The molecule has 0 aromatic heterocycles. The quantitative estimate of drug-likeness (QED) is 0.799. The van der Waals surface area contributed by atoms with Crippen molar-refractivity contribution in [2.75, 3.05) is 19.8 Å². The Balaban J connectivity index is 1.45. The van der Waals surface area contributed by atoms with Crippen molar-refractivity contribution in [3.63, 3.8) is 0 Å². The lowest BCUT2D eigenvalue weighted by molar-refractivity contribution is 0.297. The molecule has 3 rings (SSSR count). The van der Waals surface area contributed by atoms with Crippen LogP contribution in [0.4, 0.5) is 0 Å². The topological polar surface area (TPSA) is 30.5 Å². The van der Waals surface area contributed by atoms with Gasteiger partial charge in [-0.2, -0.15) is 0 Å². The van der Waals surface area contributed by atoms with E-state index in [-0.39, 0.29) is 0 Å². The first-order chi connectivity index (χ1) is 9.42. The second kappa shape index (κ2) is 6.29. The molecule has 1 N–H and O–H groups in total. The normalized spacial score (nSPS) is 18.1. The third-order valence-electron chi connectivity index (χ3n) is 3.71. The maximum atomic E-state index is 5.72. The molecule has 1 fully saturated rings. The Bertz CT molecular complexity index is 415. The highest BCUT2D eigenvalue weighted by Gasteiger charge is 2.19. The number of benzene rings is 1. The Kier molecular flexibility index (Phi) is 4.23. The molecule has 0 saturated heterocycles. The lowest BCUT2D eigenvalue weighted by atomic mass is 10.1. The van der Waals surface area contributed by atoms with Crippen LogP contribution in [0.2, 0.25) is 0 Å². The molecule has 0 atom stereocenters. The summed E-state index contributed by atoms with van der Waals surface area (Å²) in [6, 6.07) is 7.20. The number of unbranched alkanes of at least 4 members (excludes halogenated alkanes) is 1. The summed E-state index contributed by atoms with van der Waals surface area (Å²) < 4.78 is 11.4. The molecular weight excluding hydrogens is 238 g/mol. The standard InChI is InChI=1S/C16H23NO2/c1(2-9-17-14-6-7-14)4-13-5-8-15-16(12-13)19-11-3-10-18-15/h5,8,12,14,17H,1-4,6-7,9-11H2. The van der Waals surface area contributed by atoms with E-state index in [1.54, 1.807) is 0 Å². The van der Waals surface area contributed by atoms with Gasteiger partial charge in [-0.1, -0.05) is 6.07 Å². The zero-order chi connectivity index (χ0) is 12.9. The predicted molar refractivity (Wildman–Crippen MR) is 76.0 cm³/mol. The van der Waals surface area contributed by atoms with E-state index < -0.39 is 0 Å². The molecule has 1 aliphatic carbocycles. The van der Waals surface area contributed by atoms with Gasteiger partial charge in [-0.15, -0.1) is 0 Å². The number of hydrogen-bond donors (Lipinski definition) is 1. The summed E-state index contributed by atoms with van der Waals surface area (Å²) in [5.74, 6) is 1.82. The van der Waals surface area contributed by atoms with Crippen molar-refractivity contribution in [1.82, 2.24) is 5.32 Å². The van der Waals surface area contributed by atoms with Crippen LogP contribution in [0.25, 0.3) is 0 Å². The number of aryl methyl sites for hydroxylation is 1. The number of hydrogen-bond acceptors (Lipinski definition) is 3. The van der Waals surface area contributed by atoms with Gasteiger partial charge in [0.05, 0.1) is 13.2 Å². The van der Waals surface area contributed by atoms with E-state index in [4.69, 9.17) is 9.47 Å². The van der Waals surface area contributed by atoms with E-state index in [2.05, 4.69) is 23.5 Å². The minimum absolute atomic E-state index is 0.763. The summed E-state index contributed by atoms with van der Waals surface area (Å²) in [6.45, 7) is 2.69. The third-order valence-corrected chi connectivity index (χ3v) is 3.71. The van der Waals surface area contributed by atoms with Crippen LogP contribution in [0.3, 0.4) is 0 Å². The monoisotopic (exact) mass is 261 g/mol. The van der Waals surface area contributed by atoms with E-state index in [0.717, 1.165) is 50.1 Å². The largest absolute Gasteiger partial charge is 0.490 e. The van der Waals surface area contributed by atoms with Crippen molar-refractivity contribution >= 4 is 0 Å². The third kappa shape index (κ3) is 3.87. The second-order valence-electron chi connectivity index (χ2n) is 5.52. The first-order valence-electron chi connectivity index (χ1n) is 7.54. The van der Waals surface area contributed by atoms with Gasteiger partial charge in [0.1, 0.15) is 0 Å². The van der Waals surface area contributed by atoms with Crippen molar-refractivity contribution in [3.05, 3.63) is 23.8 Å². The highest BCUT2D eigenvalue weighted by Crippen LogP contribution is 2.30. The molecule has 2 aliphatic rings. The Morgan fingerprint density at radius 1 is 1.05 bits per heavy atom. The van der Waals surface area contributed by atoms with Crippen LogP contribution < -0.4 is 14.8 Å². The van der Waals surface area contributed by atoms with Gasteiger partial charge in [-0.05, 0) is 56.3 Å². The van der Waals surface area contributed by atoms with E-state index in [1.165, 1.54) is 31.2 Å². The highest BCUT2D eigenvalue weighted by atomic mass is 16.5. The van der Waals surface area contributed by atoms with Crippen molar-refractivity contribution < 1.29 is 9.47 Å². The Morgan fingerprint density at radius 3 is 2.74 bits per heavy atom. The molecule has 19 heavy (non-hydrogen) atoms. The minimum atomic E-state index is 0.763. The van der Waals surface area contributed by atoms with Crippen LogP contribution in [0, 0.1) is 0 Å². The first kappa shape index (κ1) is 12.8. The molecule has 3 heteroatoms. The number of nitrogens with one attached hydrogen (secondary N) is 1. The van der Waals surface area contributed by atoms with Crippen LogP contribution in [-0.2, 0) is 6.42 Å². The molecule has 0 unspecified atom stereocenters. The summed E-state index contributed by atoms with van der Waals surface area (Å²) in [5, 5.41) is 3.56. The average molecular weight is 261 g/mol. The van der Waals surface area contributed by atoms with Crippen molar-refractivity contribution in [2.45, 2.75) is 44.6 Å². The highest BCUT2D eigenvalue weighted by molar-refractivity contribution is 5.43. The molecule has 0 bridgehead atoms. The van der Waals surface area contributed by atoms with Crippen molar-refractivity contribution in [1.29, 1.82) is 0 Å². The Hall–Kier alpha value is -1.22. The zero-order valence-corrected chi connectivity index (χ0v) is 11.5. The van der Waals surface area contributed by atoms with Gasteiger partial charge in [0.2, 0.25) is 0 Å². The summed E-state index contributed by atoms with van der Waals surface area (Å²) in [7, 11) is 0. The average Bonchev–Trinajstić information content (AvgIpc) is 3.24. The number of fused-ring (bicyclic) bond motifs is 1. The molecule has 1 aliphatic heterocycles. The van der Waals surface area contributed by atoms with E-state index in [9.17, 15) is 0 Å². The number of rotatable bonds is 6. The molecular formula is C16H23NO2. The molecule has 0 amide bonds. The lowest BCUT2D eigenvalue weighted by Gasteiger charge is -2.09. The minimum Gasteiger partial charge on any atom is -0.490 e. The van der Waals surface area contributed by atoms with Crippen LogP contribution in [-0.4, -0.2) is 25.8 Å². The SMILES string of the molecule is c1cc2c(cc1CCCCNC1CC1)OCCCO2. The van der Waals surface area contributed by atoms with Crippen molar-refractivity contribution in [2.24, 2.45) is 0 Å². The second-order valence-corrected chi connectivity index (χ2v) is 5.52. The van der Waals surface area contributed by atoms with Gasteiger partial charge in [-0.3, -0.25) is 0 Å². The molecule has 0 spiro atoms. The van der Waals surface area contributed by atoms with Crippen molar-refractivity contribution in [3.8, 4) is 11.5 Å².